The smallest absolute Gasteiger partial charge is 0.251 e. The lowest BCUT2D eigenvalue weighted by molar-refractivity contribution is -0.134. The van der Waals surface area contributed by atoms with Gasteiger partial charge in [-0.3, -0.25) is 9.59 Å². The summed E-state index contributed by atoms with van der Waals surface area (Å²) < 4.78 is 13.2. The van der Waals surface area contributed by atoms with Gasteiger partial charge in [-0.15, -0.1) is 0 Å². The monoisotopic (exact) mass is 451 g/mol. The highest BCUT2D eigenvalue weighted by atomic mass is 19.1. The number of benzene rings is 2. The van der Waals surface area contributed by atoms with Crippen molar-refractivity contribution in [1.29, 1.82) is 5.41 Å². The van der Waals surface area contributed by atoms with Crippen molar-refractivity contribution in [3.8, 4) is 0 Å². The predicted molar refractivity (Wildman–Crippen MR) is 125 cm³/mol. The van der Waals surface area contributed by atoms with E-state index in [4.69, 9.17) is 5.41 Å². The number of likely N-dealkylation sites (N-methyl/N-ethyl adjacent to an activating group) is 1. The number of hydrogen-bond donors (Lipinski definition) is 3. The number of carbonyl (C=O) groups excluding carboxylic acids is 2. The molecule has 0 spiro atoms. The first kappa shape index (κ1) is 23.1. The molecule has 1 aliphatic heterocycles. The fraction of sp³-hybridized carbons (Fsp3) is 0.400. The molecule has 1 unspecified atom stereocenters. The zero-order chi connectivity index (χ0) is 23.4. The van der Waals surface area contributed by atoms with Crippen LogP contribution in [0.2, 0.25) is 0 Å². The van der Waals surface area contributed by atoms with Crippen LogP contribution in [0.3, 0.4) is 0 Å². The van der Waals surface area contributed by atoms with Crippen molar-refractivity contribution in [2.45, 2.75) is 24.4 Å². The van der Waals surface area contributed by atoms with Gasteiger partial charge >= 0.3 is 0 Å². The Kier molecular flexibility index (Phi) is 7.15. The van der Waals surface area contributed by atoms with Gasteiger partial charge in [0, 0.05) is 56.5 Å². The minimum Gasteiger partial charge on any atom is -0.339 e. The number of hydrogen-bond acceptors (Lipinski definition) is 5. The second-order valence-corrected chi connectivity index (χ2v) is 8.83. The van der Waals surface area contributed by atoms with E-state index in [2.05, 4.69) is 15.5 Å². The molecular weight excluding hydrogens is 421 g/mol. The average Bonchev–Trinajstić information content (AvgIpc) is 3.62. The molecule has 174 valence electrons. The molecule has 1 saturated carbocycles. The normalized spacial score (nSPS) is 21.3. The summed E-state index contributed by atoms with van der Waals surface area (Å²) in [5, 5.41) is 13.6. The highest BCUT2D eigenvalue weighted by molar-refractivity contribution is 5.98. The van der Waals surface area contributed by atoms with Crippen LogP contribution in [0.5, 0.6) is 0 Å². The maximum Gasteiger partial charge on any atom is 0.251 e. The molecule has 2 aromatic rings. The van der Waals surface area contributed by atoms with E-state index in [1.54, 1.807) is 36.4 Å². The first-order valence-electron chi connectivity index (χ1n) is 11.3. The minimum absolute atomic E-state index is 0.0842. The quantitative estimate of drug-likeness (QED) is 0.535. The van der Waals surface area contributed by atoms with Crippen LogP contribution in [-0.2, 0) is 4.79 Å². The molecule has 0 radical (unpaired) electrons. The Morgan fingerprint density at radius 3 is 2.39 bits per heavy atom. The van der Waals surface area contributed by atoms with Crippen molar-refractivity contribution >= 4 is 18.0 Å². The standard InChI is InChI=1S/C25H30FN5O2/c1-30-10-12-31(13-11-30)25(33)23(29-24(32)19-4-2-17(15-27)3-5-19)16-28-22-14-21(22)18-6-8-20(26)9-7-18/h2-9,15,21-23,27-28H,10-14,16H2,1H3,(H,29,32)/t21-,22+,23?/m0/s1. The molecule has 1 aliphatic carbocycles. The van der Waals surface area contributed by atoms with Crippen molar-refractivity contribution in [1.82, 2.24) is 20.4 Å². The first-order chi connectivity index (χ1) is 15.9. The number of halogens is 1. The van der Waals surface area contributed by atoms with E-state index in [1.807, 2.05) is 11.9 Å². The molecule has 2 aliphatic rings. The second kappa shape index (κ2) is 10.2. The lowest BCUT2D eigenvalue weighted by Crippen LogP contribution is -2.57. The first-order valence-corrected chi connectivity index (χ1v) is 11.3. The second-order valence-electron chi connectivity index (χ2n) is 8.83. The predicted octanol–water partition coefficient (Wildman–Crippen LogP) is 1.84. The highest BCUT2D eigenvalue weighted by Crippen LogP contribution is 2.40. The zero-order valence-electron chi connectivity index (χ0n) is 18.8. The Balaban J connectivity index is 1.40. The van der Waals surface area contributed by atoms with Crippen LogP contribution in [0.4, 0.5) is 4.39 Å². The Morgan fingerprint density at radius 1 is 1.09 bits per heavy atom. The van der Waals surface area contributed by atoms with E-state index in [0.29, 0.717) is 30.8 Å². The van der Waals surface area contributed by atoms with Crippen molar-refractivity contribution in [2.75, 3.05) is 39.8 Å². The summed E-state index contributed by atoms with van der Waals surface area (Å²) in [7, 11) is 2.03. The van der Waals surface area contributed by atoms with E-state index in [0.717, 1.165) is 25.1 Å². The fourth-order valence-corrected chi connectivity index (χ4v) is 4.19. The van der Waals surface area contributed by atoms with Crippen LogP contribution >= 0.6 is 0 Å². The van der Waals surface area contributed by atoms with E-state index in [1.165, 1.54) is 18.3 Å². The average molecular weight is 452 g/mol. The molecule has 0 bridgehead atoms. The van der Waals surface area contributed by atoms with Gasteiger partial charge in [-0.05, 0) is 48.9 Å². The highest BCUT2D eigenvalue weighted by Gasteiger charge is 2.39. The summed E-state index contributed by atoms with van der Waals surface area (Å²) in [6.45, 7) is 3.22. The van der Waals surface area contributed by atoms with E-state index in [9.17, 15) is 14.0 Å². The summed E-state index contributed by atoms with van der Waals surface area (Å²) in [5.41, 5.74) is 2.23. The molecule has 2 fully saturated rings. The molecule has 8 heteroatoms. The molecule has 2 aromatic carbocycles. The topological polar surface area (TPSA) is 88.5 Å². The van der Waals surface area contributed by atoms with E-state index < -0.39 is 6.04 Å². The molecule has 3 N–H and O–H groups in total. The van der Waals surface area contributed by atoms with Gasteiger partial charge < -0.3 is 25.8 Å². The van der Waals surface area contributed by atoms with Gasteiger partial charge in [0.05, 0.1) is 0 Å². The number of nitrogens with one attached hydrogen (secondary N) is 3. The van der Waals surface area contributed by atoms with Gasteiger partial charge in [-0.25, -0.2) is 4.39 Å². The van der Waals surface area contributed by atoms with Crippen molar-refractivity contribution in [3.05, 3.63) is 71.0 Å². The lowest BCUT2D eigenvalue weighted by Gasteiger charge is -2.35. The van der Waals surface area contributed by atoms with Crippen molar-refractivity contribution < 1.29 is 14.0 Å². The molecule has 0 aromatic heterocycles. The van der Waals surface area contributed by atoms with Gasteiger partial charge in [0.15, 0.2) is 0 Å². The lowest BCUT2D eigenvalue weighted by atomic mass is 10.1. The summed E-state index contributed by atoms with van der Waals surface area (Å²) in [6.07, 6.45) is 2.14. The molecule has 2 amide bonds. The number of carbonyl (C=O) groups is 2. The Labute approximate surface area is 193 Å². The van der Waals surface area contributed by atoms with Crippen LogP contribution in [0.1, 0.15) is 33.8 Å². The molecule has 4 rings (SSSR count). The number of rotatable bonds is 8. The largest absolute Gasteiger partial charge is 0.339 e. The Hall–Kier alpha value is -3.10. The third-order valence-electron chi connectivity index (χ3n) is 6.43. The van der Waals surface area contributed by atoms with Gasteiger partial charge in [0.2, 0.25) is 5.91 Å². The van der Waals surface area contributed by atoms with Gasteiger partial charge in [0.1, 0.15) is 11.9 Å². The van der Waals surface area contributed by atoms with Crippen molar-refractivity contribution in [3.63, 3.8) is 0 Å². The summed E-state index contributed by atoms with van der Waals surface area (Å²) in [4.78, 5) is 30.1. The molecule has 1 saturated heterocycles. The molecule has 33 heavy (non-hydrogen) atoms. The number of piperazine rings is 1. The Bertz CT molecular complexity index is 987. The molecule has 7 nitrogen and oxygen atoms in total. The Morgan fingerprint density at radius 2 is 1.76 bits per heavy atom. The van der Waals surface area contributed by atoms with Gasteiger partial charge in [0.25, 0.3) is 5.91 Å². The molecular formula is C25H30FN5O2. The summed E-state index contributed by atoms with van der Waals surface area (Å²) in [5.74, 6) is -0.363. The third-order valence-corrected chi connectivity index (χ3v) is 6.43. The van der Waals surface area contributed by atoms with Crippen LogP contribution in [0, 0.1) is 11.2 Å². The molecule has 1 heterocycles. The third kappa shape index (κ3) is 5.83. The summed E-state index contributed by atoms with van der Waals surface area (Å²) >= 11 is 0. The fourth-order valence-electron chi connectivity index (χ4n) is 4.19. The van der Waals surface area contributed by atoms with Crippen LogP contribution in [-0.4, -0.2) is 79.7 Å². The van der Waals surface area contributed by atoms with Gasteiger partial charge in [-0.1, -0.05) is 24.3 Å². The number of nitrogens with zero attached hydrogens (tertiary/aromatic N) is 2. The van der Waals surface area contributed by atoms with Crippen molar-refractivity contribution in [2.24, 2.45) is 0 Å². The maximum absolute atomic E-state index is 13.3. The minimum atomic E-state index is -0.683. The number of amides is 2. The van der Waals surface area contributed by atoms with Gasteiger partial charge in [-0.2, -0.15) is 0 Å². The van der Waals surface area contributed by atoms with E-state index >= 15 is 0 Å². The maximum atomic E-state index is 13.3. The van der Waals surface area contributed by atoms with Crippen LogP contribution < -0.4 is 10.6 Å². The summed E-state index contributed by atoms with van der Waals surface area (Å²) in [6, 6.07) is 12.8. The van der Waals surface area contributed by atoms with Crippen LogP contribution in [0.15, 0.2) is 48.5 Å². The zero-order valence-corrected chi connectivity index (χ0v) is 18.8. The SMILES string of the molecule is CN1CCN(C(=O)C(CN[C@@H]2C[C@H]2c2ccc(F)cc2)NC(=O)c2ccc(C=N)cc2)CC1. The van der Waals surface area contributed by atoms with Crippen LogP contribution in [0.25, 0.3) is 0 Å². The molecule has 3 atom stereocenters. The van der Waals surface area contributed by atoms with E-state index in [-0.39, 0.29) is 29.6 Å².